The minimum atomic E-state index is -0.0596. The summed E-state index contributed by atoms with van der Waals surface area (Å²) in [6, 6.07) is 3.07. The van der Waals surface area contributed by atoms with Crippen LogP contribution in [0.3, 0.4) is 0 Å². The topological polar surface area (TPSA) is 63.1 Å². The summed E-state index contributed by atoms with van der Waals surface area (Å²) in [5.74, 6) is -0.0596. The molecule has 17 heavy (non-hydrogen) atoms. The summed E-state index contributed by atoms with van der Waals surface area (Å²) in [5.41, 5.74) is 0.596. The van der Waals surface area contributed by atoms with Gasteiger partial charge in [-0.05, 0) is 20.0 Å². The van der Waals surface area contributed by atoms with Crippen LogP contribution in [0.4, 0.5) is 5.69 Å². The standard InChI is InChI=1S/C11H17N3O2.ClH/c1-3-14-8-9(4-5-11(14)16)13-10(15)6-7-12-2;/h4-5,8,12H,3,6-7H2,1-2H3,(H,13,15);1H. The van der Waals surface area contributed by atoms with Gasteiger partial charge in [0, 0.05) is 31.8 Å². The van der Waals surface area contributed by atoms with Gasteiger partial charge in [-0.2, -0.15) is 0 Å². The maximum atomic E-state index is 11.4. The molecule has 1 amide bonds. The molecule has 0 aliphatic carbocycles. The molecule has 1 heterocycles. The van der Waals surface area contributed by atoms with E-state index in [2.05, 4.69) is 10.6 Å². The molecule has 0 unspecified atom stereocenters. The quantitative estimate of drug-likeness (QED) is 0.824. The fourth-order valence-electron chi connectivity index (χ4n) is 1.31. The van der Waals surface area contributed by atoms with Gasteiger partial charge in [-0.3, -0.25) is 9.59 Å². The molecule has 0 bridgehead atoms. The van der Waals surface area contributed by atoms with E-state index in [1.54, 1.807) is 23.9 Å². The molecule has 0 aromatic carbocycles. The molecule has 1 aromatic rings. The zero-order valence-corrected chi connectivity index (χ0v) is 10.8. The number of nitrogens with one attached hydrogen (secondary N) is 2. The van der Waals surface area contributed by atoms with Gasteiger partial charge in [-0.25, -0.2) is 0 Å². The summed E-state index contributed by atoms with van der Waals surface area (Å²) < 4.78 is 1.55. The maximum Gasteiger partial charge on any atom is 0.250 e. The van der Waals surface area contributed by atoms with Gasteiger partial charge in [0.05, 0.1) is 5.69 Å². The van der Waals surface area contributed by atoms with E-state index >= 15 is 0 Å². The van der Waals surface area contributed by atoms with Crippen molar-refractivity contribution in [1.29, 1.82) is 0 Å². The predicted molar refractivity (Wildman–Crippen MR) is 70.8 cm³/mol. The Balaban J connectivity index is 0.00000256. The molecule has 6 heteroatoms. The number of rotatable bonds is 5. The van der Waals surface area contributed by atoms with E-state index in [4.69, 9.17) is 0 Å². The molecule has 0 radical (unpaired) electrons. The van der Waals surface area contributed by atoms with Gasteiger partial charge < -0.3 is 15.2 Å². The minimum absolute atomic E-state index is 0. The van der Waals surface area contributed by atoms with Gasteiger partial charge in [0.2, 0.25) is 5.91 Å². The number of hydrogen-bond donors (Lipinski definition) is 2. The lowest BCUT2D eigenvalue weighted by molar-refractivity contribution is -0.116. The van der Waals surface area contributed by atoms with Crippen molar-refractivity contribution in [3.05, 3.63) is 28.7 Å². The summed E-state index contributed by atoms with van der Waals surface area (Å²) >= 11 is 0. The van der Waals surface area contributed by atoms with Crippen LogP contribution in [0.1, 0.15) is 13.3 Å². The van der Waals surface area contributed by atoms with Crippen LogP contribution in [0.15, 0.2) is 23.1 Å². The molecule has 0 spiro atoms. The van der Waals surface area contributed by atoms with Crippen molar-refractivity contribution in [2.75, 3.05) is 18.9 Å². The average molecular weight is 260 g/mol. The van der Waals surface area contributed by atoms with Gasteiger partial charge in [-0.1, -0.05) is 0 Å². The highest BCUT2D eigenvalue weighted by atomic mass is 35.5. The lowest BCUT2D eigenvalue weighted by Gasteiger charge is -2.07. The highest BCUT2D eigenvalue weighted by Crippen LogP contribution is 2.03. The molecule has 1 aromatic heterocycles. The molecule has 5 nitrogen and oxygen atoms in total. The van der Waals surface area contributed by atoms with Crippen molar-refractivity contribution in [2.45, 2.75) is 19.9 Å². The number of pyridine rings is 1. The van der Waals surface area contributed by atoms with E-state index in [1.807, 2.05) is 6.92 Å². The van der Waals surface area contributed by atoms with Crippen LogP contribution in [0, 0.1) is 0 Å². The second-order valence-corrected chi connectivity index (χ2v) is 3.44. The van der Waals surface area contributed by atoms with E-state index in [-0.39, 0.29) is 23.9 Å². The fraction of sp³-hybridized carbons (Fsp3) is 0.455. The van der Waals surface area contributed by atoms with Crippen molar-refractivity contribution in [1.82, 2.24) is 9.88 Å². The van der Waals surface area contributed by atoms with Gasteiger partial charge in [0.1, 0.15) is 0 Å². The van der Waals surface area contributed by atoms with Crippen molar-refractivity contribution in [3.8, 4) is 0 Å². The summed E-state index contributed by atoms with van der Waals surface area (Å²) in [4.78, 5) is 22.7. The summed E-state index contributed by atoms with van der Waals surface area (Å²) in [7, 11) is 1.80. The number of anilines is 1. The molecular weight excluding hydrogens is 242 g/mol. The van der Waals surface area contributed by atoms with Gasteiger partial charge in [0.25, 0.3) is 5.56 Å². The first kappa shape index (κ1) is 15.7. The molecule has 1 rings (SSSR count). The summed E-state index contributed by atoms with van der Waals surface area (Å²) in [6.45, 7) is 3.12. The number of carbonyl (C=O) groups is 1. The second kappa shape index (κ2) is 7.86. The van der Waals surface area contributed by atoms with Crippen molar-refractivity contribution >= 4 is 24.0 Å². The predicted octanol–water partition coefficient (Wildman–Crippen LogP) is 0.838. The van der Waals surface area contributed by atoms with Crippen LogP contribution in [0.5, 0.6) is 0 Å². The number of hydrogen-bond acceptors (Lipinski definition) is 3. The first-order chi connectivity index (χ1) is 7.67. The zero-order valence-electron chi connectivity index (χ0n) is 10.0. The second-order valence-electron chi connectivity index (χ2n) is 3.44. The molecule has 0 atom stereocenters. The third-order valence-corrected chi connectivity index (χ3v) is 2.21. The highest BCUT2D eigenvalue weighted by molar-refractivity contribution is 5.90. The summed E-state index contributed by atoms with van der Waals surface area (Å²) in [5, 5.41) is 5.64. The Morgan fingerprint density at radius 2 is 2.12 bits per heavy atom. The van der Waals surface area contributed by atoms with E-state index < -0.39 is 0 Å². The van der Waals surface area contributed by atoms with Gasteiger partial charge in [0.15, 0.2) is 0 Å². The molecule has 96 valence electrons. The number of aromatic nitrogens is 1. The summed E-state index contributed by atoms with van der Waals surface area (Å²) in [6.07, 6.45) is 2.07. The Kier molecular flexibility index (Phi) is 7.25. The van der Waals surface area contributed by atoms with Crippen LogP contribution < -0.4 is 16.2 Å². The van der Waals surface area contributed by atoms with Gasteiger partial charge in [-0.15, -0.1) is 12.4 Å². The molecule has 2 N–H and O–H groups in total. The number of amides is 1. The van der Waals surface area contributed by atoms with Crippen LogP contribution in [-0.4, -0.2) is 24.1 Å². The third kappa shape index (κ3) is 5.01. The molecule has 0 aliphatic heterocycles. The molecular formula is C11H18ClN3O2. The Hall–Kier alpha value is -1.33. The van der Waals surface area contributed by atoms with Crippen LogP contribution >= 0.6 is 12.4 Å². The molecule has 0 saturated heterocycles. The maximum absolute atomic E-state index is 11.4. The van der Waals surface area contributed by atoms with Crippen molar-refractivity contribution in [2.24, 2.45) is 0 Å². The number of nitrogens with zero attached hydrogens (tertiary/aromatic N) is 1. The normalized spacial score (nSPS) is 9.53. The lowest BCUT2D eigenvalue weighted by Crippen LogP contribution is -2.21. The first-order valence-electron chi connectivity index (χ1n) is 5.32. The fourth-order valence-corrected chi connectivity index (χ4v) is 1.31. The number of carbonyl (C=O) groups excluding carboxylic acids is 1. The Morgan fingerprint density at radius 3 is 2.71 bits per heavy atom. The SMILES string of the molecule is CCn1cc(NC(=O)CCNC)ccc1=O.Cl. The van der Waals surface area contributed by atoms with E-state index in [0.29, 0.717) is 25.2 Å². The number of halogens is 1. The van der Waals surface area contributed by atoms with Gasteiger partial charge >= 0.3 is 0 Å². The minimum Gasteiger partial charge on any atom is -0.325 e. The first-order valence-corrected chi connectivity index (χ1v) is 5.32. The average Bonchev–Trinajstić information content (AvgIpc) is 2.29. The zero-order chi connectivity index (χ0) is 12.0. The van der Waals surface area contributed by atoms with Crippen LogP contribution in [0.25, 0.3) is 0 Å². The highest BCUT2D eigenvalue weighted by Gasteiger charge is 2.02. The van der Waals surface area contributed by atoms with E-state index in [1.165, 1.54) is 6.07 Å². The number of aryl methyl sites for hydroxylation is 1. The smallest absolute Gasteiger partial charge is 0.250 e. The molecule has 0 aliphatic rings. The largest absolute Gasteiger partial charge is 0.325 e. The third-order valence-electron chi connectivity index (χ3n) is 2.21. The molecule has 0 fully saturated rings. The molecule has 0 saturated carbocycles. The van der Waals surface area contributed by atoms with Crippen LogP contribution in [-0.2, 0) is 11.3 Å². The Morgan fingerprint density at radius 1 is 1.41 bits per heavy atom. The Labute approximate surface area is 107 Å². The monoisotopic (exact) mass is 259 g/mol. The van der Waals surface area contributed by atoms with E-state index in [0.717, 1.165) is 0 Å². The van der Waals surface area contributed by atoms with Crippen molar-refractivity contribution in [3.63, 3.8) is 0 Å². The lowest BCUT2D eigenvalue weighted by atomic mass is 10.3. The van der Waals surface area contributed by atoms with E-state index in [9.17, 15) is 9.59 Å². The van der Waals surface area contributed by atoms with Crippen LogP contribution in [0.2, 0.25) is 0 Å². The van der Waals surface area contributed by atoms with Crippen molar-refractivity contribution < 1.29 is 4.79 Å². The Bertz CT molecular complexity index is 417.